The Hall–Kier alpha value is -1.86. The zero-order valence-electron chi connectivity index (χ0n) is 12.3. The second-order valence-corrected chi connectivity index (χ2v) is 5.77. The maximum atomic E-state index is 6.10. The highest BCUT2D eigenvalue weighted by atomic mass is 32.1. The Kier molecular flexibility index (Phi) is 5.77. The van der Waals surface area contributed by atoms with Crippen LogP contribution in [0.4, 0.5) is 17.3 Å². The maximum Gasteiger partial charge on any atom is 0.155 e. The van der Waals surface area contributed by atoms with Gasteiger partial charge < -0.3 is 21.1 Å². The Morgan fingerprint density at radius 1 is 1.38 bits per heavy atom. The van der Waals surface area contributed by atoms with Crippen LogP contribution in [0.3, 0.4) is 0 Å². The van der Waals surface area contributed by atoms with Crippen molar-refractivity contribution in [3.63, 3.8) is 0 Å². The van der Waals surface area contributed by atoms with Gasteiger partial charge in [0.25, 0.3) is 0 Å². The van der Waals surface area contributed by atoms with Gasteiger partial charge in [-0.3, -0.25) is 0 Å². The standard InChI is InChI=1S/C14H21N5OS/c1-10(8-20-2)19-14-12(15)13(17-9-18-14)16-6-5-11-4-3-7-21-11/h3-4,7,9-10H,5-6,8,15H2,1-2H3,(H2,16,17,18,19). The van der Waals surface area contributed by atoms with Gasteiger partial charge in [-0.05, 0) is 24.8 Å². The Labute approximate surface area is 128 Å². The number of nitrogens with two attached hydrogens (primary N) is 1. The molecule has 21 heavy (non-hydrogen) atoms. The lowest BCUT2D eigenvalue weighted by Gasteiger charge is -2.16. The number of aromatic nitrogens is 2. The summed E-state index contributed by atoms with van der Waals surface area (Å²) in [6.45, 7) is 3.38. The van der Waals surface area contributed by atoms with Crippen LogP contribution in [0.5, 0.6) is 0 Å². The minimum Gasteiger partial charge on any atom is -0.393 e. The van der Waals surface area contributed by atoms with E-state index in [1.807, 2.05) is 6.92 Å². The highest BCUT2D eigenvalue weighted by Gasteiger charge is 2.10. The normalized spacial score (nSPS) is 12.1. The van der Waals surface area contributed by atoms with Crippen molar-refractivity contribution in [1.29, 1.82) is 0 Å². The summed E-state index contributed by atoms with van der Waals surface area (Å²) in [6, 6.07) is 4.30. The number of hydrogen-bond acceptors (Lipinski definition) is 7. The van der Waals surface area contributed by atoms with Crippen LogP contribution in [-0.2, 0) is 11.2 Å². The molecule has 7 heteroatoms. The van der Waals surface area contributed by atoms with Crippen LogP contribution in [0.1, 0.15) is 11.8 Å². The summed E-state index contributed by atoms with van der Waals surface area (Å²) in [5.41, 5.74) is 6.63. The van der Waals surface area contributed by atoms with E-state index >= 15 is 0 Å². The molecule has 0 aliphatic rings. The third kappa shape index (κ3) is 4.57. The molecule has 1 atom stereocenters. The molecule has 4 N–H and O–H groups in total. The molecule has 0 radical (unpaired) electrons. The van der Waals surface area contributed by atoms with Crippen LogP contribution in [0.15, 0.2) is 23.8 Å². The zero-order valence-corrected chi connectivity index (χ0v) is 13.1. The Balaban J connectivity index is 1.93. The average Bonchev–Trinajstić information content (AvgIpc) is 2.96. The third-order valence-electron chi connectivity index (χ3n) is 2.93. The fraction of sp³-hybridized carbons (Fsp3) is 0.429. The van der Waals surface area contributed by atoms with Crippen molar-refractivity contribution in [2.45, 2.75) is 19.4 Å². The van der Waals surface area contributed by atoms with Crippen LogP contribution < -0.4 is 16.4 Å². The molecule has 0 aliphatic carbocycles. The summed E-state index contributed by atoms with van der Waals surface area (Å²) in [7, 11) is 1.67. The summed E-state index contributed by atoms with van der Waals surface area (Å²) in [5, 5.41) is 8.55. The van der Waals surface area contributed by atoms with E-state index < -0.39 is 0 Å². The molecule has 0 bridgehead atoms. The van der Waals surface area contributed by atoms with Gasteiger partial charge in [-0.15, -0.1) is 11.3 Å². The molecule has 0 saturated heterocycles. The number of anilines is 3. The third-order valence-corrected chi connectivity index (χ3v) is 3.86. The number of ether oxygens (including phenoxy) is 1. The summed E-state index contributed by atoms with van der Waals surface area (Å²) in [6.07, 6.45) is 2.45. The van der Waals surface area contributed by atoms with E-state index in [4.69, 9.17) is 10.5 Å². The average molecular weight is 307 g/mol. The van der Waals surface area contributed by atoms with Gasteiger partial charge >= 0.3 is 0 Å². The van der Waals surface area contributed by atoms with Gasteiger partial charge in [-0.1, -0.05) is 6.07 Å². The van der Waals surface area contributed by atoms with Gasteiger partial charge in [0, 0.05) is 24.6 Å². The summed E-state index contributed by atoms with van der Waals surface area (Å²) >= 11 is 1.75. The van der Waals surface area contributed by atoms with Crippen molar-refractivity contribution in [2.75, 3.05) is 36.6 Å². The molecular weight excluding hydrogens is 286 g/mol. The van der Waals surface area contributed by atoms with Crippen molar-refractivity contribution in [3.05, 3.63) is 28.7 Å². The van der Waals surface area contributed by atoms with Gasteiger partial charge in [0.05, 0.1) is 6.61 Å². The molecule has 2 aromatic heterocycles. The maximum absolute atomic E-state index is 6.10. The Morgan fingerprint density at radius 3 is 2.90 bits per heavy atom. The predicted molar refractivity (Wildman–Crippen MR) is 87.9 cm³/mol. The number of hydrogen-bond donors (Lipinski definition) is 3. The van der Waals surface area contributed by atoms with Crippen molar-refractivity contribution in [1.82, 2.24) is 9.97 Å². The number of nitrogens with one attached hydrogen (secondary N) is 2. The molecule has 6 nitrogen and oxygen atoms in total. The molecule has 2 aromatic rings. The van der Waals surface area contributed by atoms with Crippen LogP contribution >= 0.6 is 11.3 Å². The number of thiophene rings is 1. The predicted octanol–water partition coefficient (Wildman–Crippen LogP) is 2.22. The smallest absolute Gasteiger partial charge is 0.155 e. The van der Waals surface area contributed by atoms with E-state index in [0.717, 1.165) is 13.0 Å². The Bertz CT molecular complexity index is 546. The minimum atomic E-state index is 0.131. The number of nitrogens with zero attached hydrogens (tertiary/aromatic N) is 2. The summed E-state index contributed by atoms with van der Waals surface area (Å²) < 4.78 is 5.09. The van der Waals surface area contributed by atoms with Crippen molar-refractivity contribution < 1.29 is 4.74 Å². The first-order chi connectivity index (χ1) is 10.2. The lowest BCUT2D eigenvalue weighted by Crippen LogP contribution is -2.22. The van der Waals surface area contributed by atoms with Gasteiger partial charge in [0.15, 0.2) is 11.6 Å². The monoisotopic (exact) mass is 307 g/mol. The SMILES string of the molecule is COCC(C)Nc1ncnc(NCCc2cccs2)c1N. The Morgan fingerprint density at radius 2 is 2.19 bits per heavy atom. The van der Waals surface area contributed by atoms with E-state index in [1.54, 1.807) is 18.4 Å². The van der Waals surface area contributed by atoms with Crippen molar-refractivity contribution in [2.24, 2.45) is 0 Å². The molecule has 2 heterocycles. The van der Waals surface area contributed by atoms with E-state index in [0.29, 0.717) is 23.9 Å². The van der Waals surface area contributed by atoms with E-state index in [1.165, 1.54) is 11.2 Å². The fourth-order valence-corrected chi connectivity index (χ4v) is 2.64. The molecule has 0 aromatic carbocycles. The van der Waals surface area contributed by atoms with Gasteiger partial charge in [0.1, 0.15) is 12.0 Å². The van der Waals surface area contributed by atoms with Crippen LogP contribution in [-0.4, -0.2) is 36.3 Å². The topological polar surface area (TPSA) is 85.1 Å². The van der Waals surface area contributed by atoms with Crippen LogP contribution in [0.2, 0.25) is 0 Å². The van der Waals surface area contributed by atoms with Crippen molar-refractivity contribution in [3.8, 4) is 0 Å². The van der Waals surface area contributed by atoms with Crippen molar-refractivity contribution >= 4 is 28.7 Å². The molecule has 114 valence electrons. The second kappa shape index (κ2) is 7.80. The molecule has 0 saturated carbocycles. The quantitative estimate of drug-likeness (QED) is 0.693. The largest absolute Gasteiger partial charge is 0.393 e. The van der Waals surface area contributed by atoms with Gasteiger partial charge in [0.2, 0.25) is 0 Å². The lowest BCUT2D eigenvalue weighted by atomic mass is 10.3. The first-order valence-electron chi connectivity index (χ1n) is 6.83. The molecule has 1 unspecified atom stereocenters. The molecule has 0 fully saturated rings. The second-order valence-electron chi connectivity index (χ2n) is 4.74. The fourth-order valence-electron chi connectivity index (χ4n) is 1.94. The van der Waals surface area contributed by atoms with E-state index in [2.05, 4.69) is 38.1 Å². The molecule has 0 spiro atoms. The molecular formula is C14H21N5OS. The number of rotatable bonds is 8. The summed E-state index contributed by atoms with van der Waals surface area (Å²) in [5.74, 6) is 1.29. The molecule has 2 rings (SSSR count). The van der Waals surface area contributed by atoms with E-state index in [-0.39, 0.29) is 6.04 Å². The van der Waals surface area contributed by atoms with Gasteiger partial charge in [-0.25, -0.2) is 9.97 Å². The van der Waals surface area contributed by atoms with Gasteiger partial charge in [-0.2, -0.15) is 0 Å². The summed E-state index contributed by atoms with van der Waals surface area (Å²) in [4.78, 5) is 9.71. The highest BCUT2D eigenvalue weighted by Crippen LogP contribution is 2.23. The number of nitrogen functional groups attached to an aromatic ring is 1. The highest BCUT2D eigenvalue weighted by molar-refractivity contribution is 7.09. The minimum absolute atomic E-state index is 0.131. The first kappa shape index (κ1) is 15.5. The molecule has 0 aliphatic heterocycles. The first-order valence-corrected chi connectivity index (χ1v) is 7.71. The number of methoxy groups -OCH3 is 1. The van der Waals surface area contributed by atoms with Crippen LogP contribution in [0.25, 0.3) is 0 Å². The molecule has 0 amide bonds. The van der Waals surface area contributed by atoms with E-state index in [9.17, 15) is 0 Å². The zero-order chi connectivity index (χ0) is 15.1. The lowest BCUT2D eigenvalue weighted by molar-refractivity contribution is 0.190. The van der Waals surface area contributed by atoms with Crippen LogP contribution in [0, 0.1) is 0 Å².